The summed E-state index contributed by atoms with van der Waals surface area (Å²) in [6.07, 6.45) is 2.64. The maximum Gasteiger partial charge on any atom is 0.131 e. The van der Waals surface area contributed by atoms with Crippen molar-refractivity contribution < 1.29 is 4.39 Å². The van der Waals surface area contributed by atoms with Crippen LogP contribution in [-0.4, -0.2) is 43.1 Å². The summed E-state index contributed by atoms with van der Waals surface area (Å²) in [6.45, 7) is 5.40. The summed E-state index contributed by atoms with van der Waals surface area (Å²) in [5.74, 6) is 0.225. The second-order valence-corrected chi connectivity index (χ2v) is 6.02. The van der Waals surface area contributed by atoms with Crippen molar-refractivity contribution in [3.8, 4) is 11.1 Å². The molecular weight excluding hydrogens is 315 g/mol. The van der Waals surface area contributed by atoms with E-state index in [9.17, 15) is 4.39 Å². The molecule has 0 radical (unpaired) electrons. The van der Waals surface area contributed by atoms with Crippen molar-refractivity contribution >= 4 is 17.7 Å². The first-order valence-electron chi connectivity index (χ1n) is 8.66. The van der Waals surface area contributed by atoms with Gasteiger partial charge in [0.15, 0.2) is 0 Å². The number of amidine groups is 1. The van der Waals surface area contributed by atoms with E-state index in [-0.39, 0.29) is 5.82 Å². The maximum absolute atomic E-state index is 14.1. The van der Waals surface area contributed by atoms with Crippen LogP contribution in [0.5, 0.6) is 0 Å². The zero-order chi connectivity index (χ0) is 17.6. The highest BCUT2D eigenvalue weighted by Gasteiger charge is 2.18. The quantitative estimate of drug-likeness (QED) is 0.657. The molecule has 0 saturated carbocycles. The second kappa shape index (κ2) is 8.03. The molecule has 2 aromatic carbocycles. The molecule has 0 unspecified atom stereocenters. The third-order valence-corrected chi connectivity index (χ3v) is 4.28. The van der Waals surface area contributed by atoms with E-state index in [1.165, 1.54) is 6.07 Å². The predicted molar refractivity (Wildman–Crippen MR) is 102 cm³/mol. The summed E-state index contributed by atoms with van der Waals surface area (Å²) in [7, 11) is 0. The van der Waals surface area contributed by atoms with Gasteiger partial charge in [-0.25, -0.2) is 4.39 Å². The van der Waals surface area contributed by atoms with Gasteiger partial charge in [0, 0.05) is 43.5 Å². The van der Waals surface area contributed by atoms with Crippen LogP contribution in [0, 0.1) is 11.2 Å². The normalized spacial score (nSPS) is 14.9. The van der Waals surface area contributed by atoms with Crippen LogP contribution < -0.4 is 5.32 Å². The Balaban J connectivity index is 1.99. The Morgan fingerprint density at radius 2 is 2.00 bits per heavy atom. The molecule has 0 bridgehead atoms. The van der Waals surface area contributed by atoms with Gasteiger partial charge in [-0.1, -0.05) is 31.2 Å². The van der Waals surface area contributed by atoms with Crippen molar-refractivity contribution in [3.05, 3.63) is 53.8 Å². The second-order valence-electron chi connectivity index (χ2n) is 6.02. The van der Waals surface area contributed by atoms with Gasteiger partial charge >= 0.3 is 0 Å². The average Bonchev–Trinajstić information content (AvgIpc) is 2.66. The first-order chi connectivity index (χ1) is 12.2. The number of benzene rings is 2. The monoisotopic (exact) mass is 338 g/mol. The van der Waals surface area contributed by atoms with Gasteiger partial charge in [0.25, 0.3) is 0 Å². The Bertz CT molecular complexity index is 779. The Morgan fingerprint density at radius 1 is 1.24 bits per heavy atom. The maximum atomic E-state index is 14.1. The molecule has 1 fully saturated rings. The lowest BCUT2D eigenvalue weighted by molar-refractivity contribution is 0.356. The largest absolute Gasteiger partial charge is 0.354 e. The summed E-state index contributed by atoms with van der Waals surface area (Å²) < 4.78 is 14.1. The van der Waals surface area contributed by atoms with Gasteiger partial charge in [0.2, 0.25) is 0 Å². The Hall–Kier alpha value is -2.53. The van der Waals surface area contributed by atoms with E-state index in [1.807, 2.05) is 37.4 Å². The van der Waals surface area contributed by atoms with E-state index in [1.54, 1.807) is 12.1 Å². The van der Waals surface area contributed by atoms with Crippen molar-refractivity contribution in [2.75, 3.05) is 26.2 Å². The topological polar surface area (TPSA) is 51.5 Å². The molecule has 0 amide bonds. The zero-order valence-corrected chi connectivity index (χ0v) is 14.4. The minimum Gasteiger partial charge on any atom is -0.354 e. The van der Waals surface area contributed by atoms with E-state index in [4.69, 9.17) is 5.41 Å². The van der Waals surface area contributed by atoms with Crippen molar-refractivity contribution in [1.29, 1.82) is 5.41 Å². The third-order valence-electron chi connectivity index (χ3n) is 4.28. The van der Waals surface area contributed by atoms with Gasteiger partial charge in [-0.15, -0.1) is 0 Å². The fourth-order valence-corrected chi connectivity index (χ4v) is 2.95. The molecule has 0 spiro atoms. The standard InChI is InChI=1S/C20H23FN4/c1-2-9-24-19-14-15(16-5-3-4-6-18(16)21)7-8-17(19)20(22)25-12-10-23-11-13-25/h3-9,14,22-23H,2,10-13H2,1H3. The van der Waals surface area contributed by atoms with E-state index >= 15 is 0 Å². The molecule has 0 atom stereocenters. The fraction of sp³-hybridized carbons (Fsp3) is 0.300. The highest BCUT2D eigenvalue weighted by atomic mass is 19.1. The summed E-state index contributed by atoms with van der Waals surface area (Å²) in [6, 6.07) is 12.4. The number of hydrogen-bond acceptors (Lipinski definition) is 3. The van der Waals surface area contributed by atoms with Gasteiger partial charge in [-0.05, 0) is 30.2 Å². The van der Waals surface area contributed by atoms with E-state index < -0.39 is 0 Å². The zero-order valence-electron chi connectivity index (χ0n) is 14.4. The highest BCUT2D eigenvalue weighted by molar-refractivity contribution is 6.02. The third kappa shape index (κ3) is 3.94. The lowest BCUT2D eigenvalue weighted by Crippen LogP contribution is -2.46. The van der Waals surface area contributed by atoms with Crippen molar-refractivity contribution in [2.45, 2.75) is 13.3 Å². The molecule has 0 aliphatic carbocycles. The summed E-state index contributed by atoms with van der Waals surface area (Å²) in [4.78, 5) is 6.58. The summed E-state index contributed by atoms with van der Waals surface area (Å²) in [5, 5.41) is 11.9. The van der Waals surface area contributed by atoms with Gasteiger partial charge < -0.3 is 10.2 Å². The first kappa shape index (κ1) is 17.3. The number of halogens is 1. The molecule has 2 aromatic rings. The average molecular weight is 338 g/mol. The number of rotatable bonds is 4. The van der Waals surface area contributed by atoms with Gasteiger partial charge in [-0.3, -0.25) is 10.4 Å². The van der Waals surface area contributed by atoms with Crippen LogP contribution in [-0.2, 0) is 0 Å². The van der Waals surface area contributed by atoms with E-state index in [0.29, 0.717) is 17.1 Å². The van der Waals surface area contributed by atoms with Crippen LogP contribution in [0.2, 0.25) is 0 Å². The Labute approximate surface area is 147 Å². The molecule has 0 aromatic heterocycles. The number of piperazine rings is 1. The lowest BCUT2D eigenvalue weighted by Gasteiger charge is -2.30. The van der Waals surface area contributed by atoms with Crippen LogP contribution in [0.3, 0.4) is 0 Å². The highest BCUT2D eigenvalue weighted by Crippen LogP contribution is 2.30. The van der Waals surface area contributed by atoms with Crippen LogP contribution in [0.25, 0.3) is 11.1 Å². The number of nitrogens with one attached hydrogen (secondary N) is 2. The van der Waals surface area contributed by atoms with E-state index in [2.05, 4.69) is 15.2 Å². The van der Waals surface area contributed by atoms with Crippen LogP contribution >= 0.6 is 0 Å². The van der Waals surface area contributed by atoms with Crippen molar-refractivity contribution in [1.82, 2.24) is 10.2 Å². The van der Waals surface area contributed by atoms with Crippen LogP contribution in [0.4, 0.5) is 10.1 Å². The molecule has 1 heterocycles. The molecule has 5 heteroatoms. The van der Waals surface area contributed by atoms with Crippen molar-refractivity contribution in [2.24, 2.45) is 4.99 Å². The SMILES string of the molecule is CCC=Nc1cc(-c2ccccc2F)ccc1C(=N)N1CCNCC1. The van der Waals surface area contributed by atoms with E-state index in [0.717, 1.165) is 43.7 Å². The van der Waals surface area contributed by atoms with Crippen molar-refractivity contribution in [3.63, 3.8) is 0 Å². The molecule has 3 rings (SSSR count). The molecule has 1 aliphatic rings. The number of aliphatic imine (C=N–C) groups is 1. The van der Waals surface area contributed by atoms with Gasteiger partial charge in [0.05, 0.1) is 5.69 Å². The number of nitrogens with zero attached hydrogens (tertiary/aromatic N) is 2. The lowest BCUT2D eigenvalue weighted by atomic mass is 10.0. The minimum atomic E-state index is -0.252. The first-order valence-corrected chi connectivity index (χ1v) is 8.66. The summed E-state index contributed by atoms with van der Waals surface area (Å²) in [5.41, 5.74) is 2.83. The Kier molecular flexibility index (Phi) is 5.56. The predicted octanol–water partition coefficient (Wildman–Crippen LogP) is 3.84. The molecule has 1 aliphatic heterocycles. The molecular formula is C20H23FN4. The smallest absolute Gasteiger partial charge is 0.131 e. The fourth-order valence-electron chi connectivity index (χ4n) is 2.95. The molecule has 130 valence electrons. The van der Waals surface area contributed by atoms with Gasteiger partial charge in [-0.2, -0.15) is 0 Å². The molecule has 4 nitrogen and oxygen atoms in total. The molecule has 1 saturated heterocycles. The summed E-state index contributed by atoms with van der Waals surface area (Å²) >= 11 is 0. The van der Waals surface area contributed by atoms with Crippen LogP contribution in [0.1, 0.15) is 18.9 Å². The number of hydrogen-bond donors (Lipinski definition) is 2. The van der Waals surface area contributed by atoms with Crippen LogP contribution in [0.15, 0.2) is 47.5 Å². The molecule has 25 heavy (non-hydrogen) atoms. The Morgan fingerprint density at radius 3 is 2.72 bits per heavy atom. The minimum absolute atomic E-state index is 0.252. The molecule has 2 N–H and O–H groups in total. The van der Waals surface area contributed by atoms with Gasteiger partial charge in [0.1, 0.15) is 11.7 Å².